The van der Waals surface area contributed by atoms with Crippen LogP contribution in [0.1, 0.15) is 5.56 Å². The molecule has 2 rings (SSSR count). The first kappa shape index (κ1) is 13.2. The zero-order valence-electron chi connectivity index (χ0n) is 9.91. The second-order valence-corrected chi connectivity index (χ2v) is 5.05. The SMILES string of the molecule is COc1ccc(Br)c(CNc2ccccc2Cl)c1. The second-order valence-electron chi connectivity index (χ2n) is 3.79. The zero-order valence-corrected chi connectivity index (χ0v) is 12.3. The molecule has 0 amide bonds. The van der Waals surface area contributed by atoms with Crippen molar-refractivity contribution in [2.75, 3.05) is 12.4 Å². The van der Waals surface area contributed by atoms with E-state index in [0.717, 1.165) is 26.5 Å². The molecule has 0 spiro atoms. The lowest BCUT2D eigenvalue weighted by Gasteiger charge is -2.11. The van der Waals surface area contributed by atoms with Gasteiger partial charge in [0.25, 0.3) is 0 Å². The molecule has 0 aliphatic rings. The standard InChI is InChI=1S/C14H13BrClNO/c1-18-11-6-7-12(15)10(8-11)9-17-14-5-3-2-4-13(14)16/h2-8,17H,9H2,1H3. The number of rotatable bonds is 4. The summed E-state index contributed by atoms with van der Waals surface area (Å²) in [5, 5.41) is 4.02. The third kappa shape index (κ3) is 3.18. The minimum absolute atomic E-state index is 0.682. The maximum absolute atomic E-state index is 6.09. The van der Waals surface area contributed by atoms with E-state index in [-0.39, 0.29) is 0 Å². The number of hydrogen-bond donors (Lipinski definition) is 1. The third-order valence-corrected chi connectivity index (χ3v) is 3.70. The van der Waals surface area contributed by atoms with Gasteiger partial charge in [0.05, 0.1) is 17.8 Å². The van der Waals surface area contributed by atoms with Gasteiger partial charge in [-0.05, 0) is 35.9 Å². The number of methoxy groups -OCH3 is 1. The normalized spacial score (nSPS) is 10.2. The van der Waals surface area contributed by atoms with Gasteiger partial charge in [0.1, 0.15) is 5.75 Å². The molecule has 94 valence electrons. The van der Waals surface area contributed by atoms with Crippen molar-refractivity contribution in [1.82, 2.24) is 0 Å². The van der Waals surface area contributed by atoms with Crippen LogP contribution < -0.4 is 10.1 Å². The van der Waals surface area contributed by atoms with E-state index in [2.05, 4.69) is 21.2 Å². The highest BCUT2D eigenvalue weighted by Gasteiger charge is 2.03. The van der Waals surface area contributed by atoms with E-state index in [1.54, 1.807) is 7.11 Å². The van der Waals surface area contributed by atoms with Crippen molar-refractivity contribution in [1.29, 1.82) is 0 Å². The Morgan fingerprint density at radius 2 is 2.00 bits per heavy atom. The van der Waals surface area contributed by atoms with Crippen LogP contribution in [0.15, 0.2) is 46.9 Å². The van der Waals surface area contributed by atoms with Crippen LogP contribution in [-0.2, 0) is 6.54 Å². The highest BCUT2D eigenvalue weighted by molar-refractivity contribution is 9.10. The fourth-order valence-electron chi connectivity index (χ4n) is 1.61. The van der Waals surface area contributed by atoms with Crippen LogP contribution in [0, 0.1) is 0 Å². The summed E-state index contributed by atoms with van der Waals surface area (Å²) >= 11 is 9.61. The average molecular weight is 327 g/mol. The summed E-state index contributed by atoms with van der Waals surface area (Å²) in [6.07, 6.45) is 0. The number of para-hydroxylation sites is 1. The Labute approximate surface area is 120 Å². The molecular weight excluding hydrogens is 314 g/mol. The molecule has 0 aliphatic heterocycles. The van der Waals surface area contributed by atoms with Crippen LogP contribution in [0.3, 0.4) is 0 Å². The predicted octanol–water partition coefficient (Wildman–Crippen LogP) is 4.72. The highest BCUT2D eigenvalue weighted by atomic mass is 79.9. The maximum Gasteiger partial charge on any atom is 0.119 e. The summed E-state index contributed by atoms with van der Waals surface area (Å²) < 4.78 is 6.26. The van der Waals surface area contributed by atoms with Crippen molar-refractivity contribution in [3.05, 3.63) is 57.5 Å². The summed E-state index contributed by atoms with van der Waals surface area (Å²) in [6, 6.07) is 13.6. The van der Waals surface area contributed by atoms with Crippen molar-refractivity contribution in [3.8, 4) is 5.75 Å². The Morgan fingerprint density at radius 3 is 2.72 bits per heavy atom. The van der Waals surface area contributed by atoms with Crippen molar-refractivity contribution < 1.29 is 4.74 Å². The maximum atomic E-state index is 6.09. The number of ether oxygens (including phenoxy) is 1. The average Bonchev–Trinajstić information content (AvgIpc) is 2.39. The Kier molecular flexibility index (Phi) is 4.50. The van der Waals surface area contributed by atoms with E-state index in [4.69, 9.17) is 16.3 Å². The first-order chi connectivity index (χ1) is 8.70. The fourth-order valence-corrected chi connectivity index (χ4v) is 2.20. The molecule has 4 heteroatoms. The zero-order chi connectivity index (χ0) is 13.0. The summed E-state index contributed by atoms with van der Waals surface area (Å²) in [4.78, 5) is 0. The van der Waals surface area contributed by atoms with Gasteiger partial charge < -0.3 is 10.1 Å². The first-order valence-corrected chi connectivity index (χ1v) is 6.68. The molecule has 0 bridgehead atoms. The monoisotopic (exact) mass is 325 g/mol. The smallest absolute Gasteiger partial charge is 0.119 e. The largest absolute Gasteiger partial charge is 0.497 e. The Morgan fingerprint density at radius 1 is 1.22 bits per heavy atom. The van der Waals surface area contributed by atoms with Gasteiger partial charge in [0.2, 0.25) is 0 Å². The lowest BCUT2D eigenvalue weighted by atomic mass is 10.2. The topological polar surface area (TPSA) is 21.3 Å². The van der Waals surface area contributed by atoms with Gasteiger partial charge in [-0.3, -0.25) is 0 Å². The van der Waals surface area contributed by atoms with Gasteiger partial charge in [0, 0.05) is 11.0 Å². The third-order valence-electron chi connectivity index (χ3n) is 2.60. The molecule has 2 nitrogen and oxygen atoms in total. The van der Waals surface area contributed by atoms with E-state index in [1.807, 2.05) is 42.5 Å². The molecule has 0 saturated carbocycles. The summed E-state index contributed by atoms with van der Waals surface area (Å²) in [7, 11) is 1.66. The number of nitrogens with one attached hydrogen (secondary N) is 1. The number of benzene rings is 2. The number of halogens is 2. The molecule has 2 aromatic carbocycles. The van der Waals surface area contributed by atoms with Gasteiger partial charge in [0.15, 0.2) is 0 Å². The van der Waals surface area contributed by atoms with Crippen LogP contribution in [0.2, 0.25) is 5.02 Å². The lowest BCUT2D eigenvalue weighted by Crippen LogP contribution is -2.01. The summed E-state index contributed by atoms with van der Waals surface area (Å²) in [5.74, 6) is 0.842. The molecule has 0 aliphatic carbocycles. The molecule has 1 N–H and O–H groups in total. The van der Waals surface area contributed by atoms with Gasteiger partial charge in [-0.1, -0.05) is 39.7 Å². The number of anilines is 1. The van der Waals surface area contributed by atoms with Crippen LogP contribution in [0.25, 0.3) is 0 Å². The fraction of sp³-hybridized carbons (Fsp3) is 0.143. The highest BCUT2D eigenvalue weighted by Crippen LogP contribution is 2.25. The lowest BCUT2D eigenvalue weighted by molar-refractivity contribution is 0.414. The van der Waals surface area contributed by atoms with E-state index in [1.165, 1.54) is 0 Å². The second kappa shape index (κ2) is 6.12. The molecule has 0 atom stereocenters. The predicted molar refractivity (Wildman–Crippen MR) is 79.5 cm³/mol. The molecule has 0 fully saturated rings. The van der Waals surface area contributed by atoms with Gasteiger partial charge in [-0.15, -0.1) is 0 Å². The molecule has 0 aromatic heterocycles. The Bertz CT molecular complexity index is 545. The molecule has 2 aromatic rings. The van der Waals surface area contributed by atoms with Crippen molar-refractivity contribution >= 4 is 33.2 Å². The van der Waals surface area contributed by atoms with Crippen molar-refractivity contribution in [3.63, 3.8) is 0 Å². The van der Waals surface area contributed by atoms with Crippen molar-refractivity contribution in [2.24, 2.45) is 0 Å². The van der Waals surface area contributed by atoms with E-state index >= 15 is 0 Å². The van der Waals surface area contributed by atoms with Crippen LogP contribution in [-0.4, -0.2) is 7.11 Å². The van der Waals surface area contributed by atoms with Crippen LogP contribution in [0.5, 0.6) is 5.75 Å². The minimum Gasteiger partial charge on any atom is -0.497 e. The van der Waals surface area contributed by atoms with Crippen LogP contribution in [0.4, 0.5) is 5.69 Å². The van der Waals surface area contributed by atoms with Crippen LogP contribution >= 0.6 is 27.5 Å². The molecule has 0 unspecified atom stereocenters. The quantitative estimate of drug-likeness (QED) is 0.877. The Balaban J connectivity index is 2.13. The van der Waals surface area contributed by atoms with Crippen molar-refractivity contribution in [2.45, 2.75) is 6.54 Å². The van der Waals surface area contributed by atoms with E-state index in [0.29, 0.717) is 6.54 Å². The molecule has 0 heterocycles. The summed E-state index contributed by atoms with van der Waals surface area (Å²) in [5.41, 5.74) is 2.04. The molecular formula is C14H13BrClNO. The molecule has 0 saturated heterocycles. The van der Waals surface area contributed by atoms with Gasteiger partial charge in [-0.2, -0.15) is 0 Å². The first-order valence-electron chi connectivity index (χ1n) is 5.51. The van der Waals surface area contributed by atoms with E-state index in [9.17, 15) is 0 Å². The Hall–Kier alpha value is -1.19. The summed E-state index contributed by atoms with van der Waals surface area (Å²) in [6.45, 7) is 0.682. The van der Waals surface area contributed by atoms with Gasteiger partial charge >= 0.3 is 0 Å². The van der Waals surface area contributed by atoms with Gasteiger partial charge in [-0.25, -0.2) is 0 Å². The number of hydrogen-bond acceptors (Lipinski definition) is 2. The molecule has 0 radical (unpaired) electrons. The minimum atomic E-state index is 0.682. The van der Waals surface area contributed by atoms with E-state index < -0.39 is 0 Å². The molecule has 18 heavy (non-hydrogen) atoms.